The minimum atomic E-state index is -0.660. The Morgan fingerprint density at radius 1 is 1.25 bits per heavy atom. The number of hydrogen-bond acceptors (Lipinski definition) is 5. The van der Waals surface area contributed by atoms with E-state index in [1.165, 1.54) is 22.0 Å². The average molecular weight is 485 g/mol. The highest BCUT2D eigenvalue weighted by Crippen LogP contribution is 2.30. The minimum absolute atomic E-state index is 0.0661. The number of fused-ring (bicyclic) bond motifs is 1. The van der Waals surface area contributed by atoms with Gasteiger partial charge in [0.15, 0.2) is 4.80 Å². The van der Waals surface area contributed by atoms with Gasteiger partial charge < -0.3 is 4.74 Å². The Balaban J connectivity index is 1.94. The lowest BCUT2D eigenvalue weighted by atomic mass is 9.96. The van der Waals surface area contributed by atoms with E-state index in [1.54, 1.807) is 31.2 Å². The zero-order chi connectivity index (χ0) is 22.8. The lowest BCUT2D eigenvalue weighted by Gasteiger charge is -2.24. The second-order valence-electron chi connectivity index (χ2n) is 7.05. The summed E-state index contributed by atoms with van der Waals surface area (Å²) in [5.41, 5.74) is 2.00. The van der Waals surface area contributed by atoms with Gasteiger partial charge in [-0.3, -0.25) is 9.36 Å². The second kappa shape index (κ2) is 9.28. The molecule has 5 nitrogen and oxygen atoms in total. The zero-order valence-corrected chi connectivity index (χ0v) is 19.4. The normalized spacial score (nSPS) is 15.8. The predicted molar refractivity (Wildman–Crippen MR) is 128 cm³/mol. The molecular weight excluding hydrogens is 467 g/mol. The molecule has 0 saturated carbocycles. The van der Waals surface area contributed by atoms with Crippen LogP contribution >= 0.6 is 34.5 Å². The molecule has 8 heteroatoms. The van der Waals surface area contributed by atoms with Crippen LogP contribution < -0.4 is 14.9 Å². The number of carbonyl (C=O) groups excluding carboxylic acids is 1. The Kier molecular flexibility index (Phi) is 6.46. The Labute approximate surface area is 198 Å². The molecule has 162 valence electrons. The van der Waals surface area contributed by atoms with Crippen LogP contribution in [0.2, 0.25) is 10.0 Å². The summed E-state index contributed by atoms with van der Waals surface area (Å²) in [5.74, 6) is -0.532. The first-order valence-corrected chi connectivity index (χ1v) is 11.3. The second-order valence-corrected chi connectivity index (χ2v) is 8.90. The molecule has 1 atom stereocenters. The molecule has 0 radical (unpaired) electrons. The van der Waals surface area contributed by atoms with Crippen LogP contribution in [0.3, 0.4) is 0 Å². The molecular formula is C24H18Cl2N2O3S. The molecule has 0 aliphatic carbocycles. The number of allylic oxidation sites excluding steroid dienone is 1. The predicted octanol–water partition coefficient (Wildman–Crippen LogP) is 4.27. The number of carbonyl (C=O) groups is 1. The van der Waals surface area contributed by atoms with Gasteiger partial charge in [0.05, 0.1) is 21.8 Å². The SMILES string of the molecule is C=CCOC(=O)C1=C(C)N=c2s/c(=C\c3ccc(Cl)cc3Cl)c(=O)n2C1c1ccccc1. The highest BCUT2D eigenvalue weighted by molar-refractivity contribution is 7.07. The summed E-state index contributed by atoms with van der Waals surface area (Å²) in [6.45, 7) is 5.40. The summed E-state index contributed by atoms with van der Waals surface area (Å²) in [6, 6.07) is 13.8. The Hall–Kier alpha value is -2.93. The van der Waals surface area contributed by atoms with Gasteiger partial charge in [-0.2, -0.15) is 0 Å². The molecule has 0 spiro atoms. The number of rotatable bonds is 5. The van der Waals surface area contributed by atoms with Crippen molar-refractivity contribution in [2.45, 2.75) is 13.0 Å². The van der Waals surface area contributed by atoms with E-state index in [1.807, 2.05) is 30.3 Å². The van der Waals surface area contributed by atoms with Crippen molar-refractivity contribution in [2.75, 3.05) is 6.61 Å². The van der Waals surface area contributed by atoms with Crippen LogP contribution in [-0.4, -0.2) is 17.1 Å². The molecule has 1 aliphatic heterocycles. The summed E-state index contributed by atoms with van der Waals surface area (Å²) >= 11 is 13.5. The van der Waals surface area contributed by atoms with E-state index in [-0.39, 0.29) is 12.2 Å². The lowest BCUT2D eigenvalue weighted by Crippen LogP contribution is -2.39. The molecule has 4 rings (SSSR count). The molecule has 0 bridgehead atoms. The van der Waals surface area contributed by atoms with Gasteiger partial charge in [0.2, 0.25) is 0 Å². The molecule has 1 aliphatic rings. The van der Waals surface area contributed by atoms with Crippen molar-refractivity contribution in [3.8, 4) is 0 Å². The minimum Gasteiger partial charge on any atom is -0.458 e. The quantitative estimate of drug-likeness (QED) is 0.401. The summed E-state index contributed by atoms with van der Waals surface area (Å²) in [5, 5.41) is 0.948. The molecule has 0 N–H and O–H groups in total. The number of aromatic nitrogens is 1. The van der Waals surface area contributed by atoms with Gasteiger partial charge in [0.1, 0.15) is 6.61 Å². The van der Waals surface area contributed by atoms with Gasteiger partial charge in [-0.25, -0.2) is 9.79 Å². The summed E-state index contributed by atoms with van der Waals surface area (Å²) in [7, 11) is 0. The highest BCUT2D eigenvalue weighted by Gasteiger charge is 2.33. The molecule has 1 aromatic heterocycles. The van der Waals surface area contributed by atoms with Crippen LogP contribution in [0, 0.1) is 0 Å². The molecule has 2 heterocycles. The summed E-state index contributed by atoms with van der Waals surface area (Å²) in [4.78, 5) is 31.5. The number of benzene rings is 2. The fourth-order valence-corrected chi connectivity index (χ4v) is 5.01. The molecule has 1 unspecified atom stereocenters. The highest BCUT2D eigenvalue weighted by atomic mass is 35.5. The standard InChI is InChI=1S/C24H18Cl2N2O3S/c1-3-11-31-23(30)20-14(2)27-24-28(21(20)15-7-5-4-6-8-15)22(29)19(32-24)12-16-9-10-17(25)13-18(16)26/h3-10,12-13,21H,1,11H2,2H3/b19-12-. The van der Waals surface area contributed by atoms with Gasteiger partial charge in [0, 0.05) is 10.0 Å². The monoisotopic (exact) mass is 484 g/mol. The van der Waals surface area contributed by atoms with Crippen LogP contribution in [0.4, 0.5) is 0 Å². The van der Waals surface area contributed by atoms with Gasteiger partial charge in [-0.1, -0.05) is 83.6 Å². The Bertz CT molecular complexity index is 1420. The van der Waals surface area contributed by atoms with Crippen LogP contribution in [0.15, 0.2) is 82.2 Å². The largest absolute Gasteiger partial charge is 0.458 e. The van der Waals surface area contributed by atoms with E-state index >= 15 is 0 Å². The maximum Gasteiger partial charge on any atom is 0.338 e. The fourth-order valence-electron chi connectivity index (χ4n) is 3.51. The van der Waals surface area contributed by atoms with E-state index in [9.17, 15) is 9.59 Å². The van der Waals surface area contributed by atoms with Gasteiger partial charge in [-0.15, -0.1) is 0 Å². The van der Waals surface area contributed by atoms with Crippen LogP contribution in [0.25, 0.3) is 6.08 Å². The summed E-state index contributed by atoms with van der Waals surface area (Å²) < 4.78 is 7.29. The van der Waals surface area contributed by atoms with Crippen LogP contribution in [0.1, 0.15) is 24.1 Å². The fraction of sp³-hybridized carbons (Fsp3) is 0.125. The number of esters is 1. The first-order chi connectivity index (χ1) is 15.4. The van der Waals surface area contributed by atoms with E-state index in [0.29, 0.717) is 36.2 Å². The van der Waals surface area contributed by atoms with Crippen LogP contribution in [0.5, 0.6) is 0 Å². The van der Waals surface area contributed by atoms with E-state index in [4.69, 9.17) is 27.9 Å². The van der Waals surface area contributed by atoms with Crippen molar-refractivity contribution in [3.05, 3.63) is 113 Å². The lowest BCUT2D eigenvalue weighted by molar-refractivity contribution is -0.138. The smallest absolute Gasteiger partial charge is 0.338 e. The van der Waals surface area contributed by atoms with E-state index in [2.05, 4.69) is 11.6 Å². The number of halogens is 2. The van der Waals surface area contributed by atoms with Crippen molar-refractivity contribution < 1.29 is 9.53 Å². The third kappa shape index (κ3) is 4.21. The average Bonchev–Trinajstić information content (AvgIpc) is 3.08. The molecule has 0 amide bonds. The first-order valence-electron chi connectivity index (χ1n) is 9.71. The van der Waals surface area contributed by atoms with Crippen molar-refractivity contribution in [3.63, 3.8) is 0 Å². The third-order valence-corrected chi connectivity index (χ3v) is 6.48. The van der Waals surface area contributed by atoms with Crippen molar-refractivity contribution in [1.29, 1.82) is 0 Å². The molecule has 0 fully saturated rings. The van der Waals surface area contributed by atoms with Gasteiger partial charge >= 0.3 is 5.97 Å². The van der Waals surface area contributed by atoms with Crippen LogP contribution in [-0.2, 0) is 9.53 Å². The number of hydrogen-bond donors (Lipinski definition) is 0. The van der Waals surface area contributed by atoms with Crippen molar-refractivity contribution in [1.82, 2.24) is 4.57 Å². The van der Waals surface area contributed by atoms with E-state index < -0.39 is 12.0 Å². The van der Waals surface area contributed by atoms with Crippen molar-refractivity contribution >= 4 is 46.6 Å². The maximum absolute atomic E-state index is 13.5. The van der Waals surface area contributed by atoms with Gasteiger partial charge in [0.25, 0.3) is 5.56 Å². The Morgan fingerprint density at radius 3 is 2.69 bits per heavy atom. The topological polar surface area (TPSA) is 60.7 Å². The summed E-state index contributed by atoms with van der Waals surface area (Å²) in [6.07, 6.45) is 3.20. The molecule has 3 aromatic rings. The van der Waals surface area contributed by atoms with E-state index in [0.717, 1.165) is 5.56 Å². The third-order valence-electron chi connectivity index (χ3n) is 4.94. The zero-order valence-electron chi connectivity index (χ0n) is 17.0. The number of thiazole rings is 1. The number of nitrogens with zero attached hydrogens (tertiary/aromatic N) is 2. The Morgan fingerprint density at radius 2 is 2.00 bits per heavy atom. The molecule has 32 heavy (non-hydrogen) atoms. The maximum atomic E-state index is 13.5. The number of ether oxygens (including phenoxy) is 1. The molecule has 0 saturated heterocycles. The van der Waals surface area contributed by atoms with Gasteiger partial charge in [-0.05, 0) is 36.3 Å². The molecule has 2 aromatic carbocycles. The van der Waals surface area contributed by atoms with Crippen molar-refractivity contribution in [2.24, 2.45) is 4.99 Å². The first kappa shape index (κ1) is 22.3.